The highest BCUT2D eigenvalue weighted by Gasteiger charge is 2.20. The number of nitrogen functional groups attached to an aromatic ring is 1. The Balaban J connectivity index is 2.33. The molecule has 2 rings (SSSR count). The number of benzene rings is 1. The van der Waals surface area contributed by atoms with Crippen molar-refractivity contribution in [2.24, 2.45) is 0 Å². The van der Waals surface area contributed by atoms with Crippen molar-refractivity contribution in [2.45, 2.75) is 13.5 Å². The SMILES string of the molecule is CCn1ncc(N)c1C(=O)N(C)c1ccc(O)cc1. The lowest BCUT2D eigenvalue weighted by Gasteiger charge is -2.18. The summed E-state index contributed by atoms with van der Waals surface area (Å²) in [6.07, 6.45) is 1.47. The first-order valence-electron chi connectivity index (χ1n) is 5.93. The molecule has 6 heteroatoms. The number of amides is 1. The van der Waals surface area contributed by atoms with Gasteiger partial charge in [-0.2, -0.15) is 5.10 Å². The van der Waals surface area contributed by atoms with E-state index in [4.69, 9.17) is 5.73 Å². The molecular weight excluding hydrogens is 244 g/mol. The van der Waals surface area contributed by atoms with Crippen molar-refractivity contribution in [3.05, 3.63) is 36.2 Å². The zero-order chi connectivity index (χ0) is 14.0. The van der Waals surface area contributed by atoms with Crippen molar-refractivity contribution >= 4 is 17.3 Å². The largest absolute Gasteiger partial charge is 0.508 e. The van der Waals surface area contributed by atoms with Gasteiger partial charge in [-0.05, 0) is 31.2 Å². The fourth-order valence-electron chi connectivity index (χ4n) is 1.83. The number of hydrogen-bond donors (Lipinski definition) is 2. The van der Waals surface area contributed by atoms with Gasteiger partial charge in [0.1, 0.15) is 11.4 Å². The number of phenolic OH excluding ortho intramolecular Hbond substituents is 1. The maximum absolute atomic E-state index is 12.4. The third-order valence-corrected chi connectivity index (χ3v) is 2.91. The highest BCUT2D eigenvalue weighted by Crippen LogP contribution is 2.21. The van der Waals surface area contributed by atoms with Gasteiger partial charge in [-0.3, -0.25) is 9.48 Å². The Labute approximate surface area is 111 Å². The van der Waals surface area contributed by atoms with Gasteiger partial charge < -0.3 is 15.7 Å². The number of nitrogens with two attached hydrogens (primary N) is 1. The molecule has 0 saturated heterocycles. The lowest BCUT2D eigenvalue weighted by molar-refractivity contribution is 0.0983. The first-order chi connectivity index (χ1) is 9.04. The molecule has 0 fully saturated rings. The minimum absolute atomic E-state index is 0.155. The number of anilines is 2. The molecule has 0 aliphatic carbocycles. The van der Waals surface area contributed by atoms with Crippen molar-refractivity contribution in [1.82, 2.24) is 9.78 Å². The van der Waals surface area contributed by atoms with Gasteiger partial charge in [-0.25, -0.2) is 0 Å². The second-order valence-electron chi connectivity index (χ2n) is 4.14. The summed E-state index contributed by atoms with van der Waals surface area (Å²) in [7, 11) is 1.65. The molecule has 0 aliphatic rings. The van der Waals surface area contributed by atoms with Gasteiger partial charge in [0.2, 0.25) is 0 Å². The monoisotopic (exact) mass is 260 g/mol. The molecular formula is C13H16N4O2. The number of phenols is 1. The zero-order valence-corrected chi connectivity index (χ0v) is 10.9. The van der Waals surface area contributed by atoms with Crippen molar-refractivity contribution < 1.29 is 9.90 Å². The first-order valence-corrected chi connectivity index (χ1v) is 5.93. The van der Waals surface area contributed by atoms with Crippen LogP contribution in [0.15, 0.2) is 30.5 Å². The average molecular weight is 260 g/mol. The molecule has 19 heavy (non-hydrogen) atoms. The number of hydrogen-bond acceptors (Lipinski definition) is 4. The quantitative estimate of drug-likeness (QED) is 0.875. The summed E-state index contributed by atoms with van der Waals surface area (Å²) in [6, 6.07) is 6.38. The minimum atomic E-state index is -0.234. The zero-order valence-electron chi connectivity index (χ0n) is 10.9. The Morgan fingerprint density at radius 2 is 2.05 bits per heavy atom. The van der Waals surface area contributed by atoms with E-state index in [-0.39, 0.29) is 11.7 Å². The fourth-order valence-corrected chi connectivity index (χ4v) is 1.83. The molecule has 1 aromatic heterocycles. The van der Waals surface area contributed by atoms with Gasteiger partial charge in [0.25, 0.3) is 5.91 Å². The number of aromatic nitrogens is 2. The predicted molar refractivity (Wildman–Crippen MR) is 73.2 cm³/mol. The molecule has 0 aliphatic heterocycles. The molecule has 0 atom stereocenters. The van der Waals surface area contributed by atoms with Crippen LogP contribution in [-0.2, 0) is 6.54 Å². The van der Waals surface area contributed by atoms with Gasteiger partial charge in [0, 0.05) is 19.3 Å². The van der Waals surface area contributed by atoms with E-state index in [0.717, 1.165) is 0 Å². The van der Waals surface area contributed by atoms with Crippen LogP contribution in [-0.4, -0.2) is 27.8 Å². The molecule has 1 amide bonds. The van der Waals surface area contributed by atoms with Gasteiger partial charge in [0.15, 0.2) is 0 Å². The third kappa shape index (κ3) is 2.37. The van der Waals surface area contributed by atoms with Gasteiger partial charge in [0.05, 0.1) is 11.9 Å². The van der Waals surface area contributed by atoms with E-state index in [1.807, 2.05) is 6.92 Å². The van der Waals surface area contributed by atoms with Crippen LogP contribution in [0.4, 0.5) is 11.4 Å². The van der Waals surface area contributed by atoms with Gasteiger partial charge in [-0.15, -0.1) is 0 Å². The number of nitrogens with zero attached hydrogens (tertiary/aromatic N) is 3. The van der Waals surface area contributed by atoms with E-state index in [1.54, 1.807) is 23.9 Å². The first kappa shape index (κ1) is 12.9. The highest BCUT2D eigenvalue weighted by molar-refractivity contribution is 6.07. The van der Waals surface area contributed by atoms with Crippen LogP contribution in [0.3, 0.4) is 0 Å². The number of carbonyl (C=O) groups is 1. The molecule has 3 N–H and O–H groups in total. The van der Waals surface area contributed by atoms with Crippen LogP contribution in [0.5, 0.6) is 5.75 Å². The predicted octanol–water partition coefficient (Wildman–Crippen LogP) is 1.47. The smallest absolute Gasteiger partial charge is 0.278 e. The number of carbonyl (C=O) groups excluding carboxylic acids is 1. The van der Waals surface area contributed by atoms with E-state index in [9.17, 15) is 9.90 Å². The fraction of sp³-hybridized carbons (Fsp3) is 0.231. The van der Waals surface area contributed by atoms with Crippen molar-refractivity contribution in [2.75, 3.05) is 17.7 Å². The summed E-state index contributed by atoms with van der Waals surface area (Å²) in [5.41, 5.74) is 7.19. The summed E-state index contributed by atoms with van der Waals surface area (Å²) >= 11 is 0. The van der Waals surface area contributed by atoms with E-state index in [1.165, 1.54) is 23.2 Å². The Kier molecular flexibility index (Phi) is 3.41. The standard InChI is InChI=1S/C13H16N4O2/c1-3-17-12(11(14)8-15-17)13(19)16(2)9-4-6-10(18)7-5-9/h4-8,18H,3,14H2,1-2H3. The molecule has 0 spiro atoms. The maximum Gasteiger partial charge on any atom is 0.278 e. The van der Waals surface area contributed by atoms with E-state index in [2.05, 4.69) is 5.10 Å². The summed E-state index contributed by atoms with van der Waals surface area (Å²) < 4.78 is 1.56. The Morgan fingerprint density at radius 3 is 2.63 bits per heavy atom. The van der Waals surface area contributed by atoms with E-state index in [0.29, 0.717) is 23.6 Å². The number of aromatic hydroxyl groups is 1. The van der Waals surface area contributed by atoms with Crippen molar-refractivity contribution in [1.29, 1.82) is 0 Å². The summed E-state index contributed by atoms with van der Waals surface area (Å²) in [5, 5.41) is 13.3. The van der Waals surface area contributed by atoms with E-state index >= 15 is 0 Å². The molecule has 1 aromatic carbocycles. The summed E-state index contributed by atoms with van der Waals surface area (Å²) in [4.78, 5) is 13.9. The molecule has 100 valence electrons. The highest BCUT2D eigenvalue weighted by atomic mass is 16.3. The van der Waals surface area contributed by atoms with Crippen LogP contribution >= 0.6 is 0 Å². The Morgan fingerprint density at radius 1 is 1.42 bits per heavy atom. The van der Waals surface area contributed by atoms with Gasteiger partial charge in [-0.1, -0.05) is 0 Å². The molecule has 6 nitrogen and oxygen atoms in total. The van der Waals surface area contributed by atoms with Crippen LogP contribution in [0, 0.1) is 0 Å². The van der Waals surface area contributed by atoms with Crippen molar-refractivity contribution in [3.8, 4) is 5.75 Å². The van der Waals surface area contributed by atoms with Gasteiger partial charge >= 0.3 is 0 Å². The Hall–Kier alpha value is -2.50. The van der Waals surface area contributed by atoms with E-state index < -0.39 is 0 Å². The normalized spacial score (nSPS) is 10.4. The van der Waals surface area contributed by atoms with Crippen LogP contribution in [0.25, 0.3) is 0 Å². The van der Waals surface area contributed by atoms with Crippen LogP contribution < -0.4 is 10.6 Å². The Bertz CT molecular complexity index is 589. The second kappa shape index (κ2) is 5.01. The molecule has 1 heterocycles. The average Bonchev–Trinajstić information content (AvgIpc) is 2.79. The summed E-state index contributed by atoms with van der Waals surface area (Å²) in [5.74, 6) is -0.0785. The minimum Gasteiger partial charge on any atom is -0.508 e. The molecule has 2 aromatic rings. The topological polar surface area (TPSA) is 84.4 Å². The second-order valence-corrected chi connectivity index (χ2v) is 4.14. The molecule has 0 unspecified atom stereocenters. The third-order valence-electron chi connectivity index (χ3n) is 2.91. The maximum atomic E-state index is 12.4. The van der Waals surface area contributed by atoms with Crippen molar-refractivity contribution in [3.63, 3.8) is 0 Å². The number of rotatable bonds is 3. The lowest BCUT2D eigenvalue weighted by atomic mass is 10.2. The molecule has 0 bridgehead atoms. The number of aryl methyl sites for hydroxylation is 1. The van der Waals surface area contributed by atoms with Crippen LogP contribution in [0.2, 0.25) is 0 Å². The summed E-state index contributed by atoms with van der Waals surface area (Å²) in [6.45, 7) is 2.46. The van der Waals surface area contributed by atoms with Crippen LogP contribution in [0.1, 0.15) is 17.4 Å². The molecule has 0 saturated carbocycles. The molecule has 0 radical (unpaired) electrons. The lowest BCUT2D eigenvalue weighted by Crippen LogP contribution is -2.29.